The van der Waals surface area contributed by atoms with Crippen LogP contribution in [0, 0.1) is 0 Å². The Labute approximate surface area is 143 Å². The summed E-state index contributed by atoms with van der Waals surface area (Å²) in [5.41, 5.74) is 5.10. The van der Waals surface area contributed by atoms with E-state index in [2.05, 4.69) is 16.0 Å². The van der Waals surface area contributed by atoms with Crippen LogP contribution in [0.1, 0.15) is 13.3 Å². The van der Waals surface area contributed by atoms with Gasteiger partial charge in [0, 0.05) is 0 Å². The number of nitrogens with one attached hydrogen (secondary N) is 3. The zero-order valence-electron chi connectivity index (χ0n) is 13.6. The predicted molar refractivity (Wildman–Crippen MR) is 88.2 cm³/mol. The highest BCUT2D eigenvalue weighted by atomic mass is 32.2. The number of carboxylic acid groups (broad SMARTS) is 1. The van der Waals surface area contributed by atoms with E-state index in [1.807, 2.05) is 6.26 Å². The second-order valence-electron chi connectivity index (χ2n) is 4.92. The molecule has 10 nitrogen and oxygen atoms in total. The second-order valence-corrected chi connectivity index (χ2v) is 5.90. The number of aliphatic hydroxyl groups excluding tert-OH is 1. The normalized spacial score (nSPS) is 14.2. The van der Waals surface area contributed by atoms with Crippen LogP contribution in [0.3, 0.4) is 0 Å². The van der Waals surface area contributed by atoms with Crippen LogP contribution >= 0.6 is 11.8 Å². The lowest BCUT2D eigenvalue weighted by Gasteiger charge is -2.21. The van der Waals surface area contributed by atoms with Crippen LogP contribution in [0.25, 0.3) is 0 Å². The van der Waals surface area contributed by atoms with Crippen molar-refractivity contribution in [3.8, 4) is 0 Å². The van der Waals surface area contributed by atoms with Gasteiger partial charge in [-0.25, -0.2) is 4.79 Å². The van der Waals surface area contributed by atoms with Gasteiger partial charge in [-0.3, -0.25) is 14.4 Å². The third-order valence-corrected chi connectivity index (χ3v) is 3.64. The molecular formula is C13H24N4O6S. The zero-order chi connectivity index (χ0) is 18.7. The number of aliphatic hydroxyl groups is 1. The molecule has 0 saturated heterocycles. The van der Waals surface area contributed by atoms with Crippen molar-refractivity contribution in [1.82, 2.24) is 16.0 Å². The maximum Gasteiger partial charge on any atom is 0.326 e. The molecule has 3 amide bonds. The molecule has 0 aliphatic rings. The average molecular weight is 364 g/mol. The van der Waals surface area contributed by atoms with Crippen LogP contribution in [0.4, 0.5) is 0 Å². The minimum Gasteiger partial charge on any atom is -0.480 e. The molecule has 0 aromatic rings. The summed E-state index contributed by atoms with van der Waals surface area (Å²) >= 11 is 1.45. The lowest BCUT2D eigenvalue weighted by Crippen LogP contribution is -2.56. The van der Waals surface area contributed by atoms with Crippen LogP contribution in [-0.2, 0) is 19.2 Å². The highest BCUT2D eigenvalue weighted by Crippen LogP contribution is 2.01. The molecule has 138 valence electrons. The highest BCUT2D eigenvalue weighted by molar-refractivity contribution is 7.98. The molecule has 0 aliphatic heterocycles. The minimum atomic E-state index is -1.25. The van der Waals surface area contributed by atoms with Gasteiger partial charge < -0.3 is 31.9 Å². The van der Waals surface area contributed by atoms with E-state index in [9.17, 15) is 19.2 Å². The van der Waals surface area contributed by atoms with Crippen molar-refractivity contribution >= 4 is 35.5 Å². The van der Waals surface area contributed by atoms with E-state index in [1.54, 1.807) is 0 Å². The summed E-state index contributed by atoms with van der Waals surface area (Å²) in [7, 11) is 0. The van der Waals surface area contributed by atoms with E-state index in [0.29, 0.717) is 5.75 Å². The Morgan fingerprint density at radius 1 is 1.08 bits per heavy atom. The number of amides is 3. The monoisotopic (exact) mass is 364 g/mol. The quantitative estimate of drug-likeness (QED) is 0.229. The number of carbonyl (C=O) groups is 4. The Balaban J connectivity index is 4.63. The molecule has 0 unspecified atom stereocenters. The van der Waals surface area contributed by atoms with E-state index >= 15 is 0 Å². The number of nitrogens with two attached hydrogens (primary N) is 1. The van der Waals surface area contributed by atoms with E-state index in [1.165, 1.54) is 18.7 Å². The number of carboxylic acids is 1. The minimum absolute atomic E-state index is 0.245. The fourth-order valence-electron chi connectivity index (χ4n) is 1.62. The van der Waals surface area contributed by atoms with Gasteiger partial charge in [-0.05, 0) is 25.4 Å². The maximum atomic E-state index is 12.0. The van der Waals surface area contributed by atoms with Crippen LogP contribution < -0.4 is 21.7 Å². The van der Waals surface area contributed by atoms with Gasteiger partial charge in [-0.2, -0.15) is 11.8 Å². The van der Waals surface area contributed by atoms with Gasteiger partial charge in [0.15, 0.2) is 0 Å². The zero-order valence-corrected chi connectivity index (χ0v) is 14.4. The Morgan fingerprint density at radius 2 is 1.71 bits per heavy atom. The summed E-state index contributed by atoms with van der Waals surface area (Å²) in [6.45, 7) is 0.340. The molecular weight excluding hydrogens is 340 g/mol. The predicted octanol–water partition coefficient (Wildman–Crippen LogP) is -2.75. The first-order chi connectivity index (χ1) is 11.3. The Bertz CT molecular complexity index is 462. The third kappa shape index (κ3) is 8.13. The van der Waals surface area contributed by atoms with Gasteiger partial charge >= 0.3 is 5.97 Å². The summed E-state index contributed by atoms with van der Waals surface area (Å²) in [6.07, 6.45) is 2.06. The lowest BCUT2D eigenvalue weighted by atomic mass is 10.2. The Hall–Kier alpha value is -1.85. The standard InChI is InChI=1S/C13H24N4O6S/c1-7(11(20)17-8(13(22)23)3-4-24-2)15-12(21)9(6-18)16-10(19)5-14/h7-9,18H,3-6,14H2,1-2H3,(H,15,21)(H,16,19)(H,17,20)(H,22,23)/t7-,8-,9-/m0/s1. The van der Waals surface area contributed by atoms with Crippen LogP contribution in [0.5, 0.6) is 0 Å². The first kappa shape index (κ1) is 22.1. The fraction of sp³-hybridized carbons (Fsp3) is 0.692. The fourth-order valence-corrected chi connectivity index (χ4v) is 2.09. The molecule has 3 atom stereocenters. The lowest BCUT2D eigenvalue weighted by molar-refractivity contribution is -0.142. The molecule has 7 N–H and O–H groups in total. The first-order valence-electron chi connectivity index (χ1n) is 7.19. The van der Waals surface area contributed by atoms with Crippen molar-refractivity contribution < 1.29 is 29.4 Å². The smallest absolute Gasteiger partial charge is 0.326 e. The number of hydrogen-bond donors (Lipinski definition) is 6. The summed E-state index contributed by atoms with van der Waals surface area (Å²) < 4.78 is 0. The summed E-state index contributed by atoms with van der Waals surface area (Å²) in [5.74, 6) is -2.71. The van der Waals surface area contributed by atoms with E-state index in [-0.39, 0.29) is 13.0 Å². The number of aliphatic carboxylic acids is 1. The first-order valence-corrected chi connectivity index (χ1v) is 8.58. The van der Waals surface area contributed by atoms with Crippen molar-refractivity contribution in [3.05, 3.63) is 0 Å². The number of thioether (sulfide) groups is 1. The van der Waals surface area contributed by atoms with Gasteiger partial charge in [-0.1, -0.05) is 0 Å². The summed E-state index contributed by atoms with van der Waals surface area (Å²) in [4.78, 5) is 46.1. The molecule has 0 radical (unpaired) electrons. The van der Waals surface area contributed by atoms with Crippen LogP contribution in [-0.4, -0.2) is 77.2 Å². The maximum absolute atomic E-state index is 12.0. The highest BCUT2D eigenvalue weighted by Gasteiger charge is 2.26. The van der Waals surface area contributed by atoms with Gasteiger partial charge in [0.2, 0.25) is 17.7 Å². The molecule has 0 heterocycles. The third-order valence-electron chi connectivity index (χ3n) is 3.00. The van der Waals surface area contributed by atoms with Crippen molar-refractivity contribution in [3.63, 3.8) is 0 Å². The van der Waals surface area contributed by atoms with Crippen LogP contribution in [0.2, 0.25) is 0 Å². The van der Waals surface area contributed by atoms with Gasteiger partial charge in [-0.15, -0.1) is 0 Å². The van der Waals surface area contributed by atoms with Gasteiger partial charge in [0.25, 0.3) is 0 Å². The molecule has 0 bridgehead atoms. The van der Waals surface area contributed by atoms with E-state index < -0.39 is 48.4 Å². The van der Waals surface area contributed by atoms with Crippen molar-refractivity contribution in [2.45, 2.75) is 31.5 Å². The molecule has 24 heavy (non-hydrogen) atoms. The van der Waals surface area contributed by atoms with Crippen molar-refractivity contribution in [2.24, 2.45) is 5.73 Å². The molecule has 0 saturated carbocycles. The molecule has 0 rings (SSSR count). The molecule has 0 fully saturated rings. The van der Waals surface area contributed by atoms with Crippen molar-refractivity contribution in [1.29, 1.82) is 0 Å². The number of hydrogen-bond acceptors (Lipinski definition) is 7. The summed E-state index contributed by atoms with van der Waals surface area (Å²) in [5, 5.41) is 25.0. The topological polar surface area (TPSA) is 171 Å². The van der Waals surface area contributed by atoms with Gasteiger partial charge in [0.05, 0.1) is 13.2 Å². The summed E-state index contributed by atoms with van der Waals surface area (Å²) in [6, 6.07) is -3.35. The van der Waals surface area contributed by atoms with Crippen LogP contribution in [0.15, 0.2) is 0 Å². The number of carbonyl (C=O) groups excluding carboxylic acids is 3. The largest absolute Gasteiger partial charge is 0.480 e. The van der Waals surface area contributed by atoms with E-state index in [0.717, 1.165) is 0 Å². The Morgan fingerprint density at radius 3 is 2.17 bits per heavy atom. The number of rotatable bonds is 11. The second kappa shape index (κ2) is 11.6. The Kier molecular flexibility index (Phi) is 10.8. The molecule has 0 aromatic carbocycles. The SMILES string of the molecule is CSCC[C@H](NC(=O)[C@H](C)NC(=O)[C@H](CO)NC(=O)CN)C(=O)O. The molecule has 0 aliphatic carbocycles. The van der Waals surface area contributed by atoms with Crippen molar-refractivity contribution in [2.75, 3.05) is 25.2 Å². The molecule has 0 aromatic heterocycles. The molecule has 11 heteroatoms. The van der Waals surface area contributed by atoms with Gasteiger partial charge in [0.1, 0.15) is 18.1 Å². The molecule has 0 spiro atoms. The average Bonchev–Trinajstić information content (AvgIpc) is 2.55. The van der Waals surface area contributed by atoms with E-state index in [4.69, 9.17) is 15.9 Å².